The quantitative estimate of drug-likeness (QED) is 0.478. The lowest BCUT2D eigenvalue weighted by Crippen LogP contribution is -2.03. The van der Waals surface area contributed by atoms with Gasteiger partial charge in [0.15, 0.2) is 0 Å². The topological polar surface area (TPSA) is 75.3 Å². The maximum Gasteiger partial charge on any atom is 0.259 e. The first-order chi connectivity index (χ1) is 5.59. The minimum atomic E-state index is -2.02. The molecule has 0 bridgehead atoms. The van der Waals surface area contributed by atoms with Gasteiger partial charge in [-0.05, 0) is 30.7 Å². The number of aryl methyl sites for hydroxylation is 1. The molecule has 66 valence electrons. The number of benzene rings is 1. The molecule has 1 atom stereocenters. The molecular formula is C7H10N2O2S. The van der Waals surface area contributed by atoms with Crippen LogP contribution in [0.4, 0.5) is 11.4 Å². The van der Waals surface area contributed by atoms with Crippen molar-refractivity contribution in [1.29, 1.82) is 0 Å². The van der Waals surface area contributed by atoms with Crippen molar-refractivity contribution in [3.63, 3.8) is 0 Å². The number of anilines is 2. The molecule has 5 heteroatoms. The molecule has 0 spiro atoms. The molecule has 0 heterocycles. The third-order valence-electron chi connectivity index (χ3n) is 1.45. The smallest absolute Gasteiger partial charge is 0.259 e. The maximum atomic E-state index is 10.4. The van der Waals surface area contributed by atoms with Crippen LogP contribution in [0.15, 0.2) is 18.2 Å². The van der Waals surface area contributed by atoms with Crippen molar-refractivity contribution in [1.82, 2.24) is 0 Å². The Morgan fingerprint density at radius 3 is 2.75 bits per heavy atom. The van der Waals surface area contributed by atoms with Gasteiger partial charge in [0.25, 0.3) is 11.3 Å². The van der Waals surface area contributed by atoms with E-state index in [0.29, 0.717) is 11.4 Å². The number of hydrogen-bond acceptors (Lipinski definition) is 2. The Morgan fingerprint density at radius 1 is 1.58 bits per heavy atom. The van der Waals surface area contributed by atoms with Crippen LogP contribution in [0.1, 0.15) is 5.56 Å². The fourth-order valence-electron chi connectivity index (χ4n) is 0.895. The predicted molar refractivity (Wildman–Crippen MR) is 50.0 cm³/mol. The van der Waals surface area contributed by atoms with Crippen molar-refractivity contribution in [3.8, 4) is 0 Å². The highest BCUT2D eigenvalue weighted by Crippen LogP contribution is 2.17. The number of hydrogen-bond donors (Lipinski definition) is 3. The Balaban J connectivity index is 2.93. The molecule has 4 N–H and O–H groups in total. The van der Waals surface area contributed by atoms with Crippen molar-refractivity contribution < 1.29 is 8.76 Å². The van der Waals surface area contributed by atoms with Crippen molar-refractivity contribution >= 4 is 22.6 Å². The van der Waals surface area contributed by atoms with E-state index in [2.05, 4.69) is 4.72 Å². The first-order valence-corrected chi connectivity index (χ1v) is 4.44. The fourth-order valence-corrected chi connectivity index (χ4v) is 1.31. The predicted octanol–water partition coefficient (Wildman–Crippen LogP) is 1.13. The largest absolute Gasteiger partial charge is 0.399 e. The van der Waals surface area contributed by atoms with Gasteiger partial charge in [0, 0.05) is 5.69 Å². The van der Waals surface area contributed by atoms with Crippen LogP contribution in [0.25, 0.3) is 0 Å². The molecule has 0 aliphatic heterocycles. The van der Waals surface area contributed by atoms with E-state index in [9.17, 15) is 4.21 Å². The van der Waals surface area contributed by atoms with Crippen LogP contribution in [0.2, 0.25) is 0 Å². The Morgan fingerprint density at radius 2 is 2.25 bits per heavy atom. The summed E-state index contributed by atoms with van der Waals surface area (Å²) in [5.74, 6) is 0. The van der Waals surface area contributed by atoms with Gasteiger partial charge in [0.1, 0.15) is 0 Å². The highest BCUT2D eigenvalue weighted by atomic mass is 32.2. The summed E-state index contributed by atoms with van der Waals surface area (Å²) in [5, 5.41) is 0. The zero-order valence-corrected chi connectivity index (χ0v) is 7.39. The first kappa shape index (κ1) is 9.02. The molecule has 0 aliphatic carbocycles. The fraction of sp³-hybridized carbons (Fsp3) is 0.143. The van der Waals surface area contributed by atoms with Gasteiger partial charge in [-0.25, -0.2) is 4.21 Å². The van der Waals surface area contributed by atoms with Gasteiger partial charge in [-0.15, -0.1) is 0 Å². The number of nitrogen functional groups attached to an aromatic ring is 1. The minimum Gasteiger partial charge on any atom is -0.399 e. The average molecular weight is 186 g/mol. The van der Waals surface area contributed by atoms with E-state index >= 15 is 0 Å². The second-order valence-electron chi connectivity index (χ2n) is 2.43. The van der Waals surface area contributed by atoms with Crippen LogP contribution in [-0.2, 0) is 11.3 Å². The lowest BCUT2D eigenvalue weighted by Gasteiger charge is -2.05. The van der Waals surface area contributed by atoms with E-state index in [4.69, 9.17) is 10.3 Å². The Labute approximate surface area is 73.2 Å². The van der Waals surface area contributed by atoms with Crippen LogP contribution >= 0.6 is 0 Å². The second kappa shape index (κ2) is 3.55. The van der Waals surface area contributed by atoms with Gasteiger partial charge in [-0.1, -0.05) is 0 Å². The van der Waals surface area contributed by atoms with Crippen molar-refractivity contribution in [2.45, 2.75) is 6.92 Å². The minimum absolute atomic E-state index is 0.616. The summed E-state index contributed by atoms with van der Waals surface area (Å²) < 4.78 is 21.3. The van der Waals surface area contributed by atoms with Crippen molar-refractivity contribution in [3.05, 3.63) is 23.8 Å². The summed E-state index contributed by atoms with van der Waals surface area (Å²) in [6.07, 6.45) is 0. The number of nitrogens with one attached hydrogen (secondary N) is 1. The molecule has 0 aromatic heterocycles. The zero-order chi connectivity index (χ0) is 9.14. The van der Waals surface area contributed by atoms with Crippen LogP contribution in [0, 0.1) is 6.92 Å². The lowest BCUT2D eigenvalue weighted by atomic mass is 10.2. The number of rotatable bonds is 2. The standard InChI is InChI=1S/C7H10N2O2S/c1-5-4-6(8)2-3-7(5)9-12(10)11/h2-4,9H,8H2,1H3,(H,10,11). The van der Waals surface area contributed by atoms with Gasteiger partial charge in [0.05, 0.1) is 5.69 Å². The van der Waals surface area contributed by atoms with Gasteiger partial charge in [0.2, 0.25) is 0 Å². The monoisotopic (exact) mass is 186 g/mol. The van der Waals surface area contributed by atoms with Gasteiger partial charge < -0.3 is 5.73 Å². The Bertz CT molecular complexity index is 314. The third kappa shape index (κ3) is 2.21. The molecule has 1 rings (SSSR count). The van der Waals surface area contributed by atoms with E-state index in [1.54, 1.807) is 18.2 Å². The summed E-state index contributed by atoms with van der Waals surface area (Å²) in [5.41, 5.74) is 7.59. The van der Waals surface area contributed by atoms with Crippen molar-refractivity contribution in [2.24, 2.45) is 0 Å². The van der Waals surface area contributed by atoms with E-state index < -0.39 is 11.3 Å². The van der Waals surface area contributed by atoms with Gasteiger partial charge in [-0.2, -0.15) is 0 Å². The van der Waals surface area contributed by atoms with Crippen LogP contribution in [0.3, 0.4) is 0 Å². The molecule has 0 amide bonds. The molecule has 0 radical (unpaired) electrons. The molecule has 0 saturated carbocycles. The Hall–Kier alpha value is -1.07. The van der Waals surface area contributed by atoms with Gasteiger partial charge in [-0.3, -0.25) is 9.27 Å². The first-order valence-electron chi connectivity index (χ1n) is 3.33. The van der Waals surface area contributed by atoms with E-state index in [0.717, 1.165) is 5.56 Å². The Kier molecular flexibility index (Phi) is 2.67. The highest BCUT2D eigenvalue weighted by molar-refractivity contribution is 7.80. The molecule has 4 nitrogen and oxygen atoms in total. The normalized spacial score (nSPS) is 12.5. The molecular weight excluding hydrogens is 176 g/mol. The molecule has 0 saturated heterocycles. The van der Waals surface area contributed by atoms with Crippen LogP contribution in [0.5, 0.6) is 0 Å². The molecule has 12 heavy (non-hydrogen) atoms. The van der Waals surface area contributed by atoms with Crippen LogP contribution in [-0.4, -0.2) is 8.76 Å². The molecule has 1 aromatic carbocycles. The maximum absolute atomic E-state index is 10.4. The highest BCUT2D eigenvalue weighted by Gasteiger charge is 1.99. The van der Waals surface area contributed by atoms with Crippen molar-refractivity contribution in [2.75, 3.05) is 10.5 Å². The van der Waals surface area contributed by atoms with E-state index in [1.165, 1.54) is 0 Å². The molecule has 0 fully saturated rings. The summed E-state index contributed by atoms with van der Waals surface area (Å²) in [6.45, 7) is 1.81. The summed E-state index contributed by atoms with van der Waals surface area (Å²) >= 11 is -2.02. The summed E-state index contributed by atoms with van der Waals surface area (Å²) in [4.78, 5) is 0. The third-order valence-corrected chi connectivity index (χ3v) is 1.84. The van der Waals surface area contributed by atoms with E-state index in [-0.39, 0.29) is 0 Å². The molecule has 0 aliphatic rings. The zero-order valence-electron chi connectivity index (χ0n) is 6.57. The SMILES string of the molecule is Cc1cc(N)ccc1NS(=O)O. The molecule has 1 unspecified atom stereocenters. The van der Waals surface area contributed by atoms with Crippen LogP contribution < -0.4 is 10.5 Å². The van der Waals surface area contributed by atoms with E-state index in [1.807, 2.05) is 6.92 Å². The molecule has 1 aromatic rings. The summed E-state index contributed by atoms with van der Waals surface area (Å²) in [6, 6.07) is 5.07. The summed E-state index contributed by atoms with van der Waals surface area (Å²) in [7, 11) is 0. The second-order valence-corrected chi connectivity index (χ2v) is 3.13. The lowest BCUT2D eigenvalue weighted by molar-refractivity contribution is 0.570. The van der Waals surface area contributed by atoms with Gasteiger partial charge >= 0.3 is 0 Å². The average Bonchev–Trinajstić information content (AvgIpc) is 1.94. The number of nitrogens with two attached hydrogens (primary N) is 1.